The van der Waals surface area contributed by atoms with Gasteiger partial charge in [-0.25, -0.2) is 0 Å². The van der Waals surface area contributed by atoms with E-state index in [1.165, 1.54) is 4.90 Å². The third-order valence-corrected chi connectivity index (χ3v) is 5.58. The van der Waals surface area contributed by atoms with E-state index in [-0.39, 0.29) is 29.6 Å². The Morgan fingerprint density at radius 1 is 0.889 bits per heavy atom. The van der Waals surface area contributed by atoms with Crippen molar-refractivity contribution in [3.63, 3.8) is 0 Å². The molecular weight excluding hydrogens is 340 g/mol. The van der Waals surface area contributed by atoms with Crippen molar-refractivity contribution in [3.8, 4) is 0 Å². The maximum absolute atomic E-state index is 12.8. The van der Waals surface area contributed by atoms with E-state index in [1.807, 2.05) is 30.3 Å². The number of hydrogen-bond acceptors (Lipinski definition) is 3. The Bertz CT molecular complexity index is 843. The van der Waals surface area contributed by atoms with Gasteiger partial charge in [0.2, 0.25) is 5.91 Å². The van der Waals surface area contributed by atoms with Crippen LogP contribution in [0.4, 0.5) is 5.69 Å². The van der Waals surface area contributed by atoms with Crippen molar-refractivity contribution in [3.05, 3.63) is 65.7 Å². The van der Waals surface area contributed by atoms with E-state index in [2.05, 4.69) is 5.32 Å². The van der Waals surface area contributed by atoms with Crippen LogP contribution in [0.1, 0.15) is 46.4 Å². The summed E-state index contributed by atoms with van der Waals surface area (Å²) >= 11 is 0. The zero-order valence-corrected chi connectivity index (χ0v) is 15.1. The van der Waals surface area contributed by atoms with E-state index in [9.17, 15) is 14.4 Å². The number of nitrogens with zero attached hydrogens (tertiary/aromatic N) is 1. The van der Waals surface area contributed by atoms with Crippen molar-refractivity contribution in [2.45, 2.75) is 25.7 Å². The molecule has 2 atom stereocenters. The molecule has 0 spiro atoms. The van der Waals surface area contributed by atoms with Crippen LogP contribution in [0.5, 0.6) is 0 Å². The lowest BCUT2D eigenvalue weighted by Crippen LogP contribution is -2.41. The van der Waals surface area contributed by atoms with Crippen LogP contribution in [0, 0.1) is 11.8 Å². The van der Waals surface area contributed by atoms with E-state index in [4.69, 9.17) is 0 Å². The molecule has 0 saturated heterocycles. The number of fused-ring (bicyclic) bond motifs is 1. The zero-order valence-electron chi connectivity index (χ0n) is 15.1. The fourth-order valence-electron chi connectivity index (χ4n) is 4.17. The molecule has 1 aliphatic heterocycles. The van der Waals surface area contributed by atoms with Crippen LogP contribution in [0.25, 0.3) is 0 Å². The van der Waals surface area contributed by atoms with Gasteiger partial charge in [-0.3, -0.25) is 19.3 Å². The molecule has 4 rings (SSSR count). The van der Waals surface area contributed by atoms with Gasteiger partial charge >= 0.3 is 0 Å². The van der Waals surface area contributed by atoms with Crippen molar-refractivity contribution in [2.24, 2.45) is 11.8 Å². The van der Waals surface area contributed by atoms with Crippen LogP contribution in [0.3, 0.4) is 0 Å². The fourth-order valence-corrected chi connectivity index (χ4v) is 4.17. The summed E-state index contributed by atoms with van der Waals surface area (Å²) in [5, 5.41) is 2.98. The Morgan fingerprint density at radius 2 is 1.48 bits per heavy atom. The molecule has 3 amide bonds. The lowest BCUT2D eigenvalue weighted by atomic mass is 9.78. The Balaban J connectivity index is 1.49. The van der Waals surface area contributed by atoms with Gasteiger partial charge in [0.1, 0.15) is 0 Å². The summed E-state index contributed by atoms with van der Waals surface area (Å²) in [6.07, 6.45) is 3.64. The molecule has 1 heterocycles. The molecule has 1 N–H and O–H groups in total. The summed E-state index contributed by atoms with van der Waals surface area (Å²) in [4.78, 5) is 39.5. The zero-order chi connectivity index (χ0) is 18.8. The number of para-hydroxylation sites is 1. The number of amides is 3. The average Bonchev–Trinajstić information content (AvgIpc) is 2.94. The summed E-state index contributed by atoms with van der Waals surface area (Å²) < 4.78 is 0. The second-order valence-electron chi connectivity index (χ2n) is 7.27. The number of carbonyl (C=O) groups excluding carboxylic acids is 3. The first-order chi connectivity index (χ1) is 13.1. The summed E-state index contributed by atoms with van der Waals surface area (Å²) in [5.74, 6) is -0.720. The SMILES string of the molecule is O=C(Nc1ccccc1)C1CCCCC1CN1C(=O)c2ccccc2C1=O. The minimum atomic E-state index is -0.247. The lowest BCUT2D eigenvalue weighted by molar-refractivity contribution is -0.122. The number of anilines is 1. The van der Waals surface area contributed by atoms with Crippen molar-refractivity contribution in [1.29, 1.82) is 0 Å². The Labute approximate surface area is 158 Å². The Kier molecular flexibility index (Phi) is 4.75. The first-order valence-corrected chi connectivity index (χ1v) is 9.46. The molecule has 1 saturated carbocycles. The third-order valence-electron chi connectivity index (χ3n) is 5.58. The van der Waals surface area contributed by atoms with E-state index >= 15 is 0 Å². The van der Waals surface area contributed by atoms with Crippen molar-refractivity contribution in [1.82, 2.24) is 4.90 Å². The smallest absolute Gasteiger partial charge is 0.261 e. The summed E-state index contributed by atoms with van der Waals surface area (Å²) in [6.45, 7) is 0.305. The third kappa shape index (κ3) is 3.37. The highest BCUT2D eigenvalue weighted by molar-refractivity contribution is 6.21. The maximum Gasteiger partial charge on any atom is 0.261 e. The fraction of sp³-hybridized carbons (Fsp3) is 0.318. The molecule has 2 aromatic carbocycles. The number of rotatable bonds is 4. The van der Waals surface area contributed by atoms with Crippen molar-refractivity contribution >= 4 is 23.4 Å². The summed E-state index contributed by atoms with van der Waals surface area (Å²) in [5.41, 5.74) is 1.69. The van der Waals surface area contributed by atoms with Gasteiger partial charge in [0, 0.05) is 18.2 Å². The van der Waals surface area contributed by atoms with Gasteiger partial charge in [-0.15, -0.1) is 0 Å². The quantitative estimate of drug-likeness (QED) is 0.843. The molecule has 0 bridgehead atoms. The average molecular weight is 362 g/mol. The molecule has 2 aromatic rings. The monoisotopic (exact) mass is 362 g/mol. The molecule has 0 aromatic heterocycles. The van der Waals surface area contributed by atoms with Gasteiger partial charge in [-0.1, -0.05) is 43.2 Å². The molecule has 138 valence electrons. The molecule has 1 aliphatic carbocycles. The first-order valence-electron chi connectivity index (χ1n) is 9.46. The van der Waals surface area contributed by atoms with Gasteiger partial charge in [0.15, 0.2) is 0 Å². The molecular formula is C22H22N2O3. The second-order valence-corrected chi connectivity index (χ2v) is 7.27. The van der Waals surface area contributed by atoms with Gasteiger partial charge in [0.05, 0.1) is 11.1 Å². The first kappa shape index (κ1) is 17.5. The number of carbonyl (C=O) groups is 3. The molecule has 1 fully saturated rings. The van der Waals surface area contributed by atoms with Crippen LogP contribution in [-0.4, -0.2) is 29.2 Å². The van der Waals surface area contributed by atoms with E-state index in [0.29, 0.717) is 17.7 Å². The largest absolute Gasteiger partial charge is 0.326 e. The van der Waals surface area contributed by atoms with Crippen molar-refractivity contribution < 1.29 is 14.4 Å². The minimum absolute atomic E-state index is 0.00956. The molecule has 5 heteroatoms. The predicted molar refractivity (Wildman–Crippen MR) is 102 cm³/mol. The number of hydrogen-bond donors (Lipinski definition) is 1. The van der Waals surface area contributed by atoms with Gasteiger partial charge < -0.3 is 5.32 Å². The standard InChI is InChI=1S/C22H22N2O3/c25-20(23-16-9-2-1-3-10-16)17-11-5-4-8-15(17)14-24-21(26)18-12-6-7-13-19(18)22(24)27/h1-3,6-7,9-10,12-13,15,17H,4-5,8,11,14H2,(H,23,25). The van der Waals surface area contributed by atoms with E-state index in [0.717, 1.165) is 31.4 Å². The van der Waals surface area contributed by atoms with Crippen LogP contribution in [-0.2, 0) is 4.79 Å². The highest BCUT2D eigenvalue weighted by Crippen LogP contribution is 2.34. The summed E-state index contributed by atoms with van der Waals surface area (Å²) in [7, 11) is 0. The van der Waals surface area contributed by atoms with Gasteiger partial charge in [0.25, 0.3) is 11.8 Å². The van der Waals surface area contributed by atoms with Crippen molar-refractivity contribution in [2.75, 3.05) is 11.9 Å². The van der Waals surface area contributed by atoms with Crippen LogP contribution < -0.4 is 5.32 Å². The topological polar surface area (TPSA) is 66.5 Å². The normalized spacial score (nSPS) is 21.9. The predicted octanol–water partition coefficient (Wildman–Crippen LogP) is 3.73. The Hall–Kier alpha value is -2.95. The number of benzene rings is 2. The molecule has 2 aliphatic rings. The van der Waals surface area contributed by atoms with Gasteiger partial charge in [-0.2, -0.15) is 0 Å². The highest BCUT2D eigenvalue weighted by Gasteiger charge is 2.39. The Morgan fingerprint density at radius 3 is 2.15 bits per heavy atom. The molecule has 5 nitrogen and oxygen atoms in total. The summed E-state index contributed by atoms with van der Waals surface area (Å²) in [6, 6.07) is 16.3. The highest BCUT2D eigenvalue weighted by atomic mass is 16.2. The lowest BCUT2D eigenvalue weighted by Gasteiger charge is -2.32. The number of nitrogens with one attached hydrogen (secondary N) is 1. The second kappa shape index (κ2) is 7.35. The number of imide groups is 1. The van der Waals surface area contributed by atoms with Crippen LogP contribution in [0.15, 0.2) is 54.6 Å². The minimum Gasteiger partial charge on any atom is -0.326 e. The molecule has 0 radical (unpaired) electrons. The van der Waals surface area contributed by atoms with E-state index in [1.54, 1.807) is 24.3 Å². The maximum atomic E-state index is 12.8. The van der Waals surface area contributed by atoms with E-state index < -0.39 is 0 Å². The molecule has 2 unspecified atom stereocenters. The van der Waals surface area contributed by atoms with Gasteiger partial charge in [-0.05, 0) is 43.0 Å². The molecule has 27 heavy (non-hydrogen) atoms. The van der Waals surface area contributed by atoms with Crippen LogP contribution in [0.2, 0.25) is 0 Å². The van der Waals surface area contributed by atoms with Crippen LogP contribution >= 0.6 is 0 Å².